The topological polar surface area (TPSA) is 51.0 Å². The molecule has 0 unspecified atom stereocenters. The summed E-state index contributed by atoms with van der Waals surface area (Å²) in [6.07, 6.45) is 0. The molecule has 0 bridgehead atoms. The zero-order chi connectivity index (χ0) is 18.0. The van der Waals surface area contributed by atoms with Crippen LogP contribution in [0.1, 0.15) is 35.0 Å². The first-order valence-corrected chi connectivity index (χ1v) is 7.99. The van der Waals surface area contributed by atoms with Gasteiger partial charge in [-0.15, -0.1) is 5.10 Å². The monoisotopic (exact) mass is 338 g/mol. The van der Waals surface area contributed by atoms with Crippen molar-refractivity contribution in [1.29, 1.82) is 0 Å². The van der Waals surface area contributed by atoms with Gasteiger partial charge in [0.05, 0.1) is 11.7 Å². The molecule has 0 aliphatic heterocycles. The number of aryl methyl sites for hydroxylation is 1. The molecule has 2 aromatic carbocycles. The number of nitrogens with zero attached hydrogens (tertiary/aromatic N) is 4. The number of rotatable bonds is 4. The summed E-state index contributed by atoms with van der Waals surface area (Å²) in [5, 5.41) is 4.30. The van der Waals surface area contributed by atoms with Crippen molar-refractivity contribution in [2.75, 3.05) is 7.05 Å². The van der Waals surface area contributed by atoms with Gasteiger partial charge in [0.25, 0.3) is 5.91 Å². The Balaban J connectivity index is 1.85. The van der Waals surface area contributed by atoms with Crippen LogP contribution in [-0.2, 0) is 0 Å². The highest BCUT2D eigenvalue weighted by Crippen LogP contribution is 2.20. The summed E-state index contributed by atoms with van der Waals surface area (Å²) in [5.74, 6) is 0.0948. The molecule has 1 heterocycles. The van der Waals surface area contributed by atoms with Crippen molar-refractivity contribution >= 4 is 5.91 Å². The van der Waals surface area contributed by atoms with E-state index in [9.17, 15) is 9.18 Å². The fourth-order valence-corrected chi connectivity index (χ4v) is 2.60. The summed E-state index contributed by atoms with van der Waals surface area (Å²) in [7, 11) is 1.73. The number of hydrogen-bond acceptors (Lipinski definition) is 3. The number of hydrogen-bond donors (Lipinski definition) is 0. The lowest BCUT2D eigenvalue weighted by atomic mass is 10.1. The molecule has 3 rings (SSSR count). The van der Waals surface area contributed by atoms with Gasteiger partial charge in [-0.1, -0.05) is 30.3 Å². The van der Waals surface area contributed by atoms with Gasteiger partial charge in [0.15, 0.2) is 0 Å². The summed E-state index contributed by atoms with van der Waals surface area (Å²) >= 11 is 0. The molecule has 0 saturated carbocycles. The lowest BCUT2D eigenvalue weighted by Gasteiger charge is -2.24. The van der Waals surface area contributed by atoms with Crippen molar-refractivity contribution in [3.05, 3.63) is 77.6 Å². The van der Waals surface area contributed by atoms with Crippen LogP contribution in [0, 0.1) is 12.7 Å². The van der Waals surface area contributed by atoms with E-state index in [-0.39, 0.29) is 23.6 Å². The van der Waals surface area contributed by atoms with E-state index in [1.807, 2.05) is 37.3 Å². The van der Waals surface area contributed by atoms with Crippen LogP contribution in [0.5, 0.6) is 0 Å². The minimum absolute atomic E-state index is 0.105. The molecule has 6 heteroatoms. The first-order valence-electron chi connectivity index (χ1n) is 7.99. The van der Waals surface area contributed by atoms with Crippen molar-refractivity contribution in [3.63, 3.8) is 0 Å². The van der Waals surface area contributed by atoms with Gasteiger partial charge in [-0.3, -0.25) is 4.79 Å². The van der Waals surface area contributed by atoms with Crippen molar-refractivity contribution in [1.82, 2.24) is 19.7 Å². The number of carbonyl (C=O) groups is 1. The average molecular weight is 338 g/mol. The van der Waals surface area contributed by atoms with Crippen molar-refractivity contribution in [2.24, 2.45) is 0 Å². The Hall–Kier alpha value is -3.02. The maximum atomic E-state index is 13.1. The van der Waals surface area contributed by atoms with Crippen LogP contribution in [0.3, 0.4) is 0 Å². The van der Waals surface area contributed by atoms with E-state index in [0.29, 0.717) is 11.5 Å². The highest BCUT2D eigenvalue weighted by Gasteiger charge is 2.23. The highest BCUT2D eigenvalue weighted by molar-refractivity contribution is 5.90. The predicted molar refractivity (Wildman–Crippen MR) is 93.0 cm³/mol. The van der Waals surface area contributed by atoms with Crippen molar-refractivity contribution < 1.29 is 9.18 Å². The van der Waals surface area contributed by atoms with Crippen LogP contribution < -0.4 is 0 Å². The summed E-state index contributed by atoms with van der Waals surface area (Å²) in [5.41, 5.74) is 1.69. The van der Waals surface area contributed by atoms with E-state index in [0.717, 1.165) is 5.56 Å². The summed E-state index contributed by atoms with van der Waals surface area (Å²) in [4.78, 5) is 18.6. The molecule has 0 aliphatic carbocycles. The second-order valence-corrected chi connectivity index (χ2v) is 5.87. The molecule has 25 heavy (non-hydrogen) atoms. The molecular weight excluding hydrogens is 319 g/mol. The maximum Gasteiger partial charge on any atom is 0.293 e. The fourth-order valence-electron chi connectivity index (χ4n) is 2.60. The van der Waals surface area contributed by atoms with Crippen LogP contribution in [0.15, 0.2) is 54.6 Å². The van der Waals surface area contributed by atoms with E-state index in [1.165, 1.54) is 16.8 Å². The number of aromatic nitrogens is 3. The van der Waals surface area contributed by atoms with Crippen LogP contribution in [-0.4, -0.2) is 32.6 Å². The second-order valence-electron chi connectivity index (χ2n) is 5.87. The lowest BCUT2D eigenvalue weighted by molar-refractivity contribution is 0.0730. The largest absolute Gasteiger partial charge is 0.332 e. The Morgan fingerprint density at radius 1 is 1.12 bits per heavy atom. The van der Waals surface area contributed by atoms with Gasteiger partial charge < -0.3 is 4.90 Å². The highest BCUT2D eigenvalue weighted by atomic mass is 19.1. The molecular formula is C19H19FN4O. The average Bonchev–Trinajstić information content (AvgIpc) is 3.03. The van der Waals surface area contributed by atoms with Gasteiger partial charge in [-0.05, 0) is 43.7 Å². The molecule has 0 saturated heterocycles. The predicted octanol–water partition coefficient (Wildman–Crippen LogP) is 3.55. The molecule has 0 N–H and O–H groups in total. The van der Waals surface area contributed by atoms with E-state index >= 15 is 0 Å². The SMILES string of the molecule is Cc1nc(C(=O)N(C)[C@@H](C)c2ccccc2)nn1-c1ccc(F)cc1. The van der Waals surface area contributed by atoms with Crippen LogP contribution in [0.4, 0.5) is 4.39 Å². The standard InChI is InChI=1S/C19H19FN4O/c1-13(15-7-5-4-6-8-15)23(3)19(25)18-21-14(2)24(22-18)17-11-9-16(20)10-12-17/h4-13H,1-3H3/t13-/m0/s1. The van der Waals surface area contributed by atoms with E-state index in [4.69, 9.17) is 0 Å². The van der Waals surface area contributed by atoms with Gasteiger partial charge in [-0.25, -0.2) is 14.1 Å². The molecule has 0 radical (unpaired) electrons. The summed E-state index contributed by atoms with van der Waals surface area (Å²) in [6, 6.07) is 15.6. The minimum Gasteiger partial charge on any atom is -0.332 e. The Morgan fingerprint density at radius 3 is 2.40 bits per heavy atom. The number of halogens is 1. The first-order chi connectivity index (χ1) is 12.0. The Bertz CT molecular complexity index is 874. The summed E-state index contributed by atoms with van der Waals surface area (Å²) in [6.45, 7) is 3.71. The van der Waals surface area contributed by atoms with Crippen LogP contribution in [0.2, 0.25) is 0 Å². The van der Waals surface area contributed by atoms with Gasteiger partial charge in [0.1, 0.15) is 11.6 Å². The lowest BCUT2D eigenvalue weighted by Crippen LogP contribution is -2.30. The molecule has 1 atom stereocenters. The fraction of sp³-hybridized carbons (Fsp3) is 0.211. The summed E-state index contributed by atoms with van der Waals surface area (Å²) < 4.78 is 14.6. The smallest absolute Gasteiger partial charge is 0.293 e. The number of carbonyl (C=O) groups excluding carboxylic acids is 1. The minimum atomic E-state index is -0.325. The molecule has 1 aromatic heterocycles. The Labute approximate surface area is 145 Å². The van der Waals surface area contributed by atoms with Gasteiger partial charge in [0.2, 0.25) is 5.82 Å². The Morgan fingerprint density at radius 2 is 1.76 bits per heavy atom. The third-order valence-corrected chi connectivity index (χ3v) is 4.21. The maximum absolute atomic E-state index is 13.1. The van der Waals surface area contributed by atoms with Gasteiger partial charge in [0, 0.05) is 7.05 Å². The second kappa shape index (κ2) is 6.84. The van der Waals surface area contributed by atoms with Crippen molar-refractivity contribution in [2.45, 2.75) is 19.9 Å². The molecule has 3 aromatic rings. The third-order valence-electron chi connectivity index (χ3n) is 4.21. The number of benzene rings is 2. The molecule has 0 spiro atoms. The normalized spacial score (nSPS) is 12.0. The zero-order valence-electron chi connectivity index (χ0n) is 14.3. The van der Waals surface area contributed by atoms with Gasteiger partial charge >= 0.3 is 0 Å². The number of amides is 1. The molecule has 5 nitrogen and oxygen atoms in total. The first kappa shape index (κ1) is 16.8. The Kier molecular flexibility index (Phi) is 4.61. The molecule has 128 valence electrons. The van der Waals surface area contributed by atoms with Crippen molar-refractivity contribution in [3.8, 4) is 5.69 Å². The van der Waals surface area contributed by atoms with Crippen LogP contribution in [0.25, 0.3) is 5.69 Å². The van der Waals surface area contributed by atoms with Crippen LogP contribution >= 0.6 is 0 Å². The molecule has 0 fully saturated rings. The van der Waals surface area contributed by atoms with E-state index in [1.54, 1.807) is 31.0 Å². The zero-order valence-corrected chi connectivity index (χ0v) is 14.3. The quantitative estimate of drug-likeness (QED) is 0.731. The van der Waals surface area contributed by atoms with E-state index < -0.39 is 0 Å². The van der Waals surface area contributed by atoms with E-state index in [2.05, 4.69) is 10.1 Å². The third kappa shape index (κ3) is 3.42. The molecule has 0 aliphatic rings. The van der Waals surface area contributed by atoms with Gasteiger partial charge in [-0.2, -0.15) is 0 Å². The molecule has 1 amide bonds.